The predicted molar refractivity (Wildman–Crippen MR) is 53.0 cm³/mol. The molecule has 0 bridgehead atoms. The van der Waals surface area contributed by atoms with Gasteiger partial charge in [0, 0.05) is 11.0 Å². The van der Waals surface area contributed by atoms with Crippen LogP contribution in [0.25, 0.3) is 0 Å². The van der Waals surface area contributed by atoms with Crippen LogP contribution < -0.4 is 11.5 Å². The Morgan fingerprint density at radius 1 is 1.50 bits per heavy atom. The van der Waals surface area contributed by atoms with Crippen molar-refractivity contribution >= 4 is 30.8 Å². The van der Waals surface area contributed by atoms with Crippen molar-refractivity contribution < 1.29 is 20.9 Å². The lowest BCUT2D eigenvalue weighted by molar-refractivity contribution is -0.138. The van der Waals surface area contributed by atoms with E-state index in [9.17, 15) is 4.79 Å². The lowest BCUT2D eigenvalue weighted by Gasteiger charge is -2.03. The summed E-state index contributed by atoms with van der Waals surface area (Å²) in [6, 6.07) is -2.37. The molecule has 5 N–H and O–H groups in total. The molecule has 0 aliphatic rings. The third kappa shape index (κ3) is 9.97. The molecule has 76 valence electrons. The van der Waals surface area contributed by atoms with E-state index in [1.165, 1.54) is 0 Å². The summed E-state index contributed by atoms with van der Waals surface area (Å²) in [6.07, 6.45) is -10.4. The van der Waals surface area contributed by atoms with Gasteiger partial charge in [0.2, 0.25) is 0 Å². The van der Waals surface area contributed by atoms with Crippen LogP contribution in [0.3, 0.4) is 0 Å². The second-order valence-electron chi connectivity index (χ2n) is 1.35. The van der Waals surface area contributed by atoms with Gasteiger partial charge >= 0.3 is 5.97 Å². The standard InChI is InChI=1S/C6H14N2O2.2ClH/c7-4-2-1-3-5(8)6(9)10;;/h5H,1-4,7-8H2,(H,9,10);2*1H/t5-;;/m0../s1/i1D2,2D2,3D2,4D2;;. The molecule has 0 fully saturated rings. The number of carbonyl (C=O) groups is 1. The van der Waals surface area contributed by atoms with Crippen molar-refractivity contribution in [2.45, 2.75) is 25.2 Å². The highest BCUT2D eigenvalue weighted by atomic mass is 35.5. The summed E-state index contributed by atoms with van der Waals surface area (Å²) in [5, 5.41) is 8.57. The highest BCUT2D eigenvalue weighted by molar-refractivity contribution is 5.85. The monoisotopic (exact) mass is 226 g/mol. The summed E-state index contributed by atoms with van der Waals surface area (Å²) >= 11 is 0. The van der Waals surface area contributed by atoms with Crippen LogP contribution >= 0.6 is 24.8 Å². The summed E-state index contributed by atoms with van der Waals surface area (Å²) < 4.78 is 57.9. The molecule has 0 rings (SSSR count). The number of hydrogen-bond acceptors (Lipinski definition) is 3. The van der Waals surface area contributed by atoms with Gasteiger partial charge in [-0.25, -0.2) is 0 Å². The molecule has 4 nitrogen and oxygen atoms in total. The van der Waals surface area contributed by atoms with Gasteiger partial charge in [0.15, 0.2) is 0 Å². The fourth-order valence-electron chi connectivity index (χ4n) is 0.212. The summed E-state index contributed by atoms with van der Waals surface area (Å²) in [4.78, 5) is 10.6. The van der Waals surface area contributed by atoms with Gasteiger partial charge in [-0.15, -0.1) is 24.8 Å². The van der Waals surface area contributed by atoms with E-state index in [0.29, 0.717) is 0 Å². The molecule has 0 aliphatic carbocycles. The SMILES string of the molecule is Cl.Cl.[2H]C([2H])(N)C([2H])([2H])C([2H])([2H])C([2H])([2H])[C@H](N)C(=O)O. The lowest BCUT2D eigenvalue weighted by atomic mass is 10.1. The van der Waals surface area contributed by atoms with Crippen LogP contribution in [-0.2, 0) is 4.79 Å². The first kappa shape index (κ1) is 5.00. The van der Waals surface area contributed by atoms with Crippen molar-refractivity contribution in [1.82, 2.24) is 0 Å². The Morgan fingerprint density at radius 3 is 2.33 bits per heavy atom. The first-order valence-corrected chi connectivity index (χ1v) is 2.38. The van der Waals surface area contributed by atoms with Gasteiger partial charge in [0.25, 0.3) is 0 Å². The first-order chi connectivity index (χ1) is 7.60. The average molecular weight is 227 g/mol. The van der Waals surface area contributed by atoms with Gasteiger partial charge in [-0.3, -0.25) is 4.79 Å². The van der Waals surface area contributed by atoms with E-state index in [2.05, 4.69) is 0 Å². The maximum absolute atomic E-state index is 10.6. The molecule has 0 aromatic rings. The molecular weight excluding hydrogens is 203 g/mol. The van der Waals surface area contributed by atoms with Crippen LogP contribution in [-0.4, -0.2) is 23.6 Å². The van der Waals surface area contributed by atoms with Gasteiger partial charge in [-0.05, 0) is 19.2 Å². The summed E-state index contributed by atoms with van der Waals surface area (Å²) in [5.74, 6) is -1.88. The summed E-state index contributed by atoms with van der Waals surface area (Å²) in [7, 11) is 0. The van der Waals surface area contributed by atoms with Crippen LogP contribution in [0.4, 0.5) is 0 Å². The van der Waals surface area contributed by atoms with E-state index in [1.54, 1.807) is 0 Å². The molecule has 0 saturated carbocycles. The summed E-state index contributed by atoms with van der Waals surface area (Å²) in [5.41, 5.74) is 9.81. The lowest BCUT2D eigenvalue weighted by Crippen LogP contribution is -2.29. The normalized spacial score (nSPS) is 25.5. The number of hydrogen-bond donors (Lipinski definition) is 3. The Bertz CT molecular complexity index is 348. The second-order valence-corrected chi connectivity index (χ2v) is 1.35. The van der Waals surface area contributed by atoms with E-state index >= 15 is 0 Å². The molecule has 0 saturated heterocycles. The second kappa shape index (κ2) is 11.0. The zero-order valence-corrected chi connectivity index (χ0v) is 7.54. The Kier molecular flexibility index (Phi) is 4.57. The highest BCUT2D eigenvalue weighted by Gasteiger charge is 2.09. The van der Waals surface area contributed by atoms with E-state index in [1.807, 2.05) is 0 Å². The molecule has 12 heavy (non-hydrogen) atoms. The van der Waals surface area contributed by atoms with Crippen LogP contribution in [0.15, 0.2) is 0 Å². The fraction of sp³-hybridized carbons (Fsp3) is 0.833. The topological polar surface area (TPSA) is 89.3 Å². The van der Waals surface area contributed by atoms with Gasteiger partial charge in [0.1, 0.15) is 6.04 Å². The fourth-order valence-corrected chi connectivity index (χ4v) is 0.212. The van der Waals surface area contributed by atoms with Crippen LogP contribution in [0, 0.1) is 0 Å². The highest BCUT2D eigenvalue weighted by Crippen LogP contribution is 1.96. The van der Waals surface area contributed by atoms with Crippen molar-refractivity contribution in [1.29, 1.82) is 0 Å². The summed E-state index contributed by atoms with van der Waals surface area (Å²) in [6.45, 7) is -3.22. The van der Waals surface area contributed by atoms with Crippen molar-refractivity contribution in [2.75, 3.05) is 6.50 Å². The number of aliphatic carboxylic acids is 1. The molecular formula is C6H16Cl2N2O2. The van der Waals surface area contributed by atoms with Crippen LogP contribution in [0.5, 0.6) is 0 Å². The van der Waals surface area contributed by atoms with Gasteiger partial charge in [0.05, 0.1) is 0 Å². The Hall–Kier alpha value is -0.0300. The van der Waals surface area contributed by atoms with Gasteiger partial charge in [-0.2, -0.15) is 0 Å². The van der Waals surface area contributed by atoms with E-state index < -0.39 is 37.6 Å². The Balaban J connectivity index is -0.00000144. The van der Waals surface area contributed by atoms with E-state index in [-0.39, 0.29) is 24.8 Å². The first-order valence-electron chi connectivity index (χ1n) is 6.38. The largest absolute Gasteiger partial charge is 0.480 e. The minimum absolute atomic E-state index is 0. The molecule has 0 aromatic carbocycles. The Labute approximate surface area is 95.7 Å². The zero-order chi connectivity index (χ0) is 15.2. The third-order valence-corrected chi connectivity index (χ3v) is 0.628. The molecule has 0 aliphatic heterocycles. The van der Waals surface area contributed by atoms with Crippen LogP contribution in [0.2, 0.25) is 0 Å². The molecule has 0 amide bonds. The molecule has 1 atom stereocenters. The molecule has 0 aromatic heterocycles. The minimum atomic E-state index is -3.56. The van der Waals surface area contributed by atoms with Crippen molar-refractivity contribution in [3.8, 4) is 0 Å². The zero-order valence-electron chi connectivity index (χ0n) is 13.9. The Morgan fingerprint density at radius 2 is 2.00 bits per heavy atom. The quantitative estimate of drug-likeness (QED) is 0.633. The van der Waals surface area contributed by atoms with Crippen molar-refractivity contribution in [3.05, 3.63) is 0 Å². The maximum atomic E-state index is 10.6. The van der Waals surface area contributed by atoms with Gasteiger partial charge in [-0.1, -0.05) is 6.37 Å². The minimum Gasteiger partial charge on any atom is -0.480 e. The molecule has 0 heterocycles. The maximum Gasteiger partial charge on any atom is 0.320 e. The number of carboxylic acids is 1. The van der Waals surface area contributed by atoms with Crippen LogP contribution in [0.1, 0.15) is 30.1 Å². The third-order valence-electron chi connectivity index (χ3n) is 0.628. The number of carboxylic acid groups (broad SMARTS) is 1. The van der Waals surface area contributed by atoms with Gasteiger partial charge < -0.3 is 16.6 Å². The van der Waals surface area contributed by atoms with Crippen molar-refractivity contribution in [3.63, 3.8) is 0 Å². The average Bonchev–Trinajstić information content (AvgIpc) is 2.13. The molecule has 6 heteroatoms. The predicted octanol–water partition coefficient (Wildman–Crippen LogP) is 0.371. The number of halogens is 2. The van der Waals surface area contributed by atoms with E-state index in [0.717, 1.165) is 0 Å². The molecule has 0 spiro atoms. The molecule has 0 unspecified atom stereocenters. The van der Waals surface area contributed by atoms with Crippen molar-refractivity contribution in [2.24, 2.45) is 11.5 Å². The smallest absolute Gasteiger partial charge is 0.320 e. The van der Waals surface area contributed by atoms with E-state index in [4.69, 9.17) is 27.5 Å². The number of nitrogens with two attached hydrogens (primary N) is 2. The number of rotatable bonds is 5. The molecule has 0 radical (unpaired) electrons.